The number of benzene rings is 2. The number of nitrogens with one attached hydrogen (secondary N) is 1. The van der Waals surface area contributed by atoms with E-state index in [1.807, 2.05) is 12.1 Å². The van der Waals surface area contributed by atoms with E-state index in [0.717, 1.165) is 25.9 Å². The van der Waals surface area contributed by atoms with Crippen LogP contribution in [0.25, 0.3) is 10.8 Å². The van der Waals surface area contributed by atoms with Gasteiger partial charge in [0, 0.05) is 20.2 Å². The molecule has 0 bridgehead atoms. The standard InChI is InChI=1S/C20H26N2O2/c1-15(18-9-5-7-16-6-3-4-8-19(16)18)21-20(23)14-22-12-10-17(24-2)11-13-22/h3-9,15,17H,10-14H2,1-2H3,(H,21,23). The van der Waals surface area contributed by atoms with Gasteiger partial charge in [-0.15, -0.1) is 0 Å². The summed E-state index contributed by atoms with van der Waals surface area (Å²) in [5.74, 6) is 0.0892. The molecule has 1 saturated heterocycles. The molecule has 1 atom stereocenters. The molecule has 0 spiro atoms. The van der Waals surface area contributed by atoms with Crippen LogP contribution in [0.2, 0.25) is 0 Å². The zero-order valence-corrected chi connectivity index (χ0v) is 14.5. The maximum Gasteiger partial charge on any atom is 0.234 e. The Hall–Kier alpha value is -1.91. The number of methoxy groups -OCH3 is 1. The second-order valence-electron chi connectivity index (χ2n) is 6.57. The maximum atomic E-state index is 12.4. The summed E-state index contributed by atoms with van der Waals surface area (Å²) in [6.07, 6.45) is 2.35. The minimum atomic E-state index is 0.000106. The molecule has 1 amide bonds. The van der Waals surface area contributed by atoms with E-state index >= 15 is 0 Å². The van der Waals surface area contributed by atoms with Gasteiger partial charge in [0.15, 0.2) is 0 Å². The zero-order valence-electron chi connectivity index (χ0n) is 14.5. The Morgan fingerprint density at radius 1 is 1.21 bits per heavy atom. The molecule has 2 aromatic carbocycles. The van der Waals surface area contributed by atoms with Crippen LogP contribution in [-0.4, -0.2) is 43.7 Å². The Morgan fingerprint density at radius 3 is 2.67 bits per heavy atom. The van der Waals surface area contributed by atoms with Crippen molar-refractivity contribution in [1.82, 2.24) is 10.2 Å². The van der Waals surface area contributed by atoms with Gasteiger partial charge in [-0.2, -0.15) is 0 Å². The number of likely N-dealkylation sites (tertiary alicyclic amines) is 1. The van der Waals surface area contributed by atoms with Gasteiger partial charge in [-0.3, -0.25) is 9.69 Å². The molecule has 128 valence electrons. The van der Waals surface area contributed by atoms with Crippen molar-refractivity contribution < 1.29 is 9.53 Å². The van der Waals surface area contributed by atoms with Crippen LogP contribution >= 0.6 is 0 Å². The number of nitrogens with zero attached hydrogens (tertiary/aromatic N) is 1. The van der Waals surface area contributed by atoms with Crippen molar-refractivity contribution in [2.75, 3.05) is 26.7 Å². The van der Waals surface area contributed by atoms with E-state index in [-0.39, 0.29) is 11.9 Å². The molecule has 0 radical (unpaired) electrons. The normalized spacial score (nSPS) is 17.8. The highest BCUT2D eigenvalue weighted by molar-refractivity contribution is 5.87. The van der Waals surface area contributed by atoms with Crippen LogP contribution in [0.5, 0.6) is 0 Å². The average molecular weight is 326 g/mol. The van der Waals surface area contributed by atoms with Crippen molar-refractivity contribution in [2.45, 2.75) is 31.9 Å². The number of hydrogen-bond donors (Lipinski definition) is 1. The minimum absolute atomic E-state index is 0.000106. The largest absolute Gasteiger partial charge is 0.381 e. The molecule has 0 saturated carbocycles. The maximum absolute atomic E-state index is 12.4. The van der Waals surface area contributed by atoms with Crippen LogP contribution in [0.3, 0.4) is 0 Å². The van der Waals surface area contributed by atoms with Gasteiger partial charge < -0.3 is 10.1 Å². The van der Waals surface area contributed by atoms with Gasteiger partial charge in [0.05, 0.1) is 18.7 Å². The van der Waals surface area contributed by atoms with Crippen molar-refractivity contribution in [1.29, 1.82) is 0 Å². The fraction of sp³-hybridized carbons (Fsp3) is 0.450. The Morgan fingerprint density at radius 2 is 1.92 bits per heavy atom. The van der Waals surface area contributed by atoms with E-state index in [2.05, 4.69) is 47.5 Å². The minimum Gasteiger partial charge on any atom is -0.381 e. The summed E-state index contributed by atoms with van der Waals surface area (Å²) in [6, 6.07) is 14.6. The van der Waals surface area contributed by atoms with Crippen LogP contribution in [-0.2, 0) is 9.53 Å². The number of amides is 1. The van der Waals surface area contributed by atoms with E-state index < -0.39 is 0 Å². The first kappa shape index (κ1) is 16.9. The van der Waals surface area contributed by atoms with Crippen molar-refractivity contribution in [3.05, 3.63) is 48.0 Å². The predicted molar refractivity (Wildman–Crippen MR) is 97.0 cm³/mol. The van der Waals surface area contributed by atoms with Crippen molar-refractivity contribution in [2.24, 2.45) is 0 Å². The van der Waals surface area contributed by atoms with Gasteiger partial charge in [-0.25, -0.2) is 0 Å². The summed E-state index contributed by atoms with van der Waals surface area (Å²) >= 11 is 0. The first-order valence-electron chi connectivity index (χ1n) is 8.69. The second kappa shape index (κ2) is 7.77. The third-order valence-electron chi connectivity index (χ3n) is 4.90. The summed E-state index contributed by atoms with van der Waals surface area (Å²) in [5, 5.41) is 5.56. The monoisotopic (exact) mass is 326 g/mol. The molecule has 4 heteroatoms. The first-order valence-corrected chi connectivity index (χ1v) is 8.69. The van der Waals surface area contributed by atoms with Gasteiger partial charge in [-0.1, -0.05) is 42.5 Å². The van der Waals surface area contributed by atoms with Gasteiger partial charge in [0.1, 0.15) is 0 Å². The fourth-order valence-corrected chi connectivity index (χ4v) is 3.50. The Kier molecular flexibility index (Phi) is 5.48. The number of carbonyl (C=O) groups is 1. The number of carbonyl (C=O) groups excluding carboxylic acids is 1. The van der Waals surface area contributed by atoms with Gasteiger partial charge in [0.2, 0.25) is 5.91 Å². The molecule has 1 fully saturated rings. The van der Waals surface area contributed by atoms with Gasteiger partial charge >= 0.3 is 0 Å². The number of rotatable bonds is 5. The second-order valence-corrected chi connectivity index (χ2v) is 6.57. The SMILES string of the molecule is COC1CCN(CC(=O)NC(C)c2cccc3ccccc23)CC1. The molecule has 1 unspecified atom stereocenters. The molecule has 0 aromatic heterocycles. The van der Waals surface area contributed by atoms with Crippen molar-refractivity contribution >= 4 is 16.7 Å². The van der Waals surface area contributed by atoms with Crippen LogP contribution in [0.4, 0.5) is 0 Å². The van der Waals surface area contributed by atoms with Gasteiger partial charge in [0.25, 0.3) is 0 Å². The topological polar surface area (TPSA) is 41.6 Å². The number of ether oxygens (including phenoxy) is 1. The van der Waals surface area contributed by atoms with Gasteiger partial charge in [-0.05, 0) is 36.1 Å². The number of hydrogen-bond acceptors (Lipinski definition) is 3. The fourth-order valence-electron chi connectivity index (χ4n) is 3.50. The van der Waals surface area contributed by atoms with Crippen molar-refractivity contribution in [3.63, 3.8) is 0 Å². The predicted octanol–water partition coefficient (Wildman–Crippen LogP) is 3.13. The third-order valence-corrected chi connectivity index (χ3v) is 4.90. The van der Waals surface area contributed by atoms with E-state index in [0.29, 0.717) is 12.6 Å². The highest BCUT2D eigenvalue weighted by Crippen LogP contribution is 2.24. The summed E-state index contributed by atoms with van der Waals surface area (Å²) < 4.78 is 5.38. The highest BCUT2D eigenvalue weighted by atomic mass is 16.5. The van der Waals surface area contributed by atoms with Crippen LogP contribution in [0.1, 0.15) is 31.4 Å². The Bertz CT molecular complexity index is 688. The van der Waals surface area contributed by atoms with Crippen LogP contribution in [0, 0.1) is 0 Å². The summed E-state index contributed by atoms with van der Waals surface area (Å²) in [6.45, 7) is 4.37. The zero-order chi connectivity index (χ0) is 16.9. The lowest BCUT2D eigenvalue weighted by Crippen LogP contribution is -2.43. The molecule has 2 aromatic rings. The van der Waals surface area contributed by atoms with Crippen LogP contribution < -0.4 is 5.32 Å². The quantitative estimate of drug-likeness (QED) is 0.918. The third kappa shape index (κ3) is 3.94. The molecule has 1 N–H and O–H groups in total. The molecule has 1 aliphatic rings. The molecule has 1 aliphatic heterocycles. The lowest BCUT2D eigenvalue weighted by atomic mass is 9.99. The smallest absolute Gasteiger partial charge is 0.234 e. The Labute approximate surface area is 143 Å². The molecule has 3 rings (SSSR count). The first-order chi connectivity index (χ1) is 11.7. The summed E-state index contributed by atoms with van der Waals surface area (Å²) in [7, 11) is 1.76. The molecule has 1 heterocycles. The molecule has 0 aliphatic carbocycles. The molecule has 4 nitrogen and oxygen atoms in total. The van der Waals surface area contributed by atoms with E-state index in [1.54, 1.807) is 7.11 Å². The molecule has 24 heavy (non-hydrogen) atoms. The summed E-state index contributed by atoms with van der Waals surface area (Å²) in [5.41, 5.74) is 1.17. The highest BCUT2D eigenvalue weighted by Gasteiger charge is 2.21. The molecular weight excluding hydrogens is 300 g/mol. The Balaban J connectivity index is 1.60. The lowest BCUT2D eigenvalue weighted by Gasteiger charge is -2.31. The van der Waals surface area contributed by atoms with Crippen molar-refractivity contribution in [3.8, 4) is 0 Å². The number of piperidine rings is 1. The van der Waals surface area contributed by atoms with E-state index in [9.17, 15) is 4.79 Å². The van der Waals surface area contributed by atoms with E-state index in [4.69, 9.17) is 4.74 Å². The van der Waals surface area contributed by atoms with E-state index in [1.165, 1.54) is 16.3 Å². The number of fused-ring (bicyclic) bond motifs is 1. The molecular formula is C20H26N2O2. The lowest BCUT2D eigenvalue weighted by molar-refractivity contribution is -0.123. The van der Waals surface area contributed by atoms with Crippen LogP contribution in [0.15, 0.2) is 42.5 Å². The summed E-state index contributed by atoms with van der Waals surface area (Å²) in [4.78, 5) is 14.6. The average Bonchev–Trinajstić information content (AvgIpc) is 2.61.